The third kappa shape index (κ3) is 3.20. The molecule has 1 aromatic rings. The first-order valence-electron chi connectivity index (χ1n) is 5.44. The summed E-state index contributed by atoms with van der Waals surface area (Å²) in [7, 11) is -3.75. The van der Waals surface area contributed by atoms with Gasteiger partial charge in [-0.25, -0.2) is 13.1 Å². The second kappa shape index (κ2) is 5.66. The van der Waals surface area contributed by atoms with Gasteiger partial charge in [-0.05, 0) is 31.0 Å². The molecule has 1 aromatic carbocycles. The molecule has 102 valence electrons. The highest BCUT2D eigenvalue weighted by atomic mass is 32.2. The second-order valence-electron chi connectivity index (χ2n) is 4.11. The standard InChI is InChI=1S/C11H18N2O4S/c1-7-3-4-10(12)8(2)11(7)18(16,17)13-5-9(15)6-14/h3-4,9,13-15H,5-6,12H2,1-2H3. The summed E-state index contributed by atoms with van der Waals surface area (Å²) in [6, 6.07) is 3.27. The Morgan fingerprint density at radius 1 is 1.39 bits per heavy atom. The molecule has 0 aliphatic heterocycles. The van der Waals surface area contributed by atoms with Crippen molar-refractivity contribution in [1.82, 2.24) is 4.72 Å². The van der Waals surface area contributed by atoms with E-state index in [-0.39, 0.29) is 11.4 Å². The van der Waals surface area contributed by atoms with Crippen LogP contribution in [0, 0.1) is 13.8 Å². The van der Waals surface area contributed by atoms with Crippen LogP contribution in [0.25, 0.3) is 0 Å². The summed E-state index contributed by atoms with van der Waals surface area (Å²) in [6.07, 6.45) is -1.12. The number of hydrogen-bond donors (Lipinski definition) is 4. The molecule has 1 atom stereocenters. The van der Waals surface area contributed by atoms with E-state index in [1.54, 1.807) is 26.0 Å². The molecule has 1 rings (SSSR count). The van der Waals surface area contributed by atoms with E-state index < -0.39 is 22.7 Å². The predicted molar refractivity (Wildman–Crippen MR) is 68.6 cm³/mol. The van der Waals surface area contributed by atoms with E-state index in [2.05, 4.69) is 4.72 Å². The fraction of sp³-hybridized carbons (Fsp3) is 0.455. The van der Waals surface area contributed by atoms with Gasteiger partial charge in [-0.3, -0.25) is 0 Å². The van der Waals surface area contributed by atoms with E-state index >= 15 is 0 Å². The zero-order valence-corrected chi connectivity index (χ0v) is 11.2. The molecule has 0 aliphatic rings. The lowest BCUT2D eigenvalue weighted by atomic mass is 10.1. The van der Waals surface area contributed by atoms with Gasteiger partial charge in [-0.2, -0.15) is 0 Å². The Balaban J connectivity index is 3.09. The van der Waals surface area contributed by atoms with E-state index in [4.69, 9.17) is 15.9 Å². The molecule has 6 nitrogen and oxygen atoms in total. The van der Waals surface area contributed by atoms with Gasteiger partial charge in [0.1, 0.15) is 0 Å². The van der Waals surface area contributed by atoms with Crippen LogP contribution in [0.15, 0.2) is 17.0 Å². The van der Waals surface area contributed by atoms with Crippen LogP contribution in [0.2, 0.25) is 0 Å². The summed E-state index contributed by atoms with van der Waals surface area (Å²) in [5.74, 6) is 0. The molecule has 5 N–H and O–H groups in total. The Labute approximate surface area is 106 Å². The van der Waals surface area contributed by atoms with Crippen molar-refractivity contribution in [2.75, 3.05) is 18.9 Å². The van der Waals surface area contributed by atoms with E-state index in [0.29, 0.717) is 16.8 Å². The number of benzene rings is 1. The molecular weight excluding hydrogens is 256 g/mol. The number of aliphatic hydroxyl groups excluding tert-OH is 2. The molecule has 0 bridgehead atoms. The largest absolute Gasteiger partial charge is 0.398 e. The van der Waals surface area contributed by atoms with Crippen molar-refractivity contribution in [3.05, 3.63) is 23.3 Å². The quantitative estimate of drug-likeness (QED) is 0.542. The average Bonchev–Trinajstić information content (AvgIpc) is 2.31. The third-order valence-electron chi connectivity index (χ3n) is 2.63. The summed E-state index contributed by atoms with van der Waals surface area (Å²) in [5, 5.41) is 17.8. The fourth-order valence-electron chi connectivity index (χ4n) is 1.60. The number of nitrogens with two attached hydrogens (primary N) is 1. The molecule has 0 aliphatic carbocycles. The minimum absolute atomic E-state index is 0.118. The van der Waals surface area contributed by atoms with Crippen molar-refractivity contribution >= 4 is 15.7 Å². The van der Waals surface area contributed by atoms with Gasteiger partial charge in [0.2, 0.25) is 10.0 Å². The number of nitrogen functional groups attached to an aromatic ring is 1. The molecule has 18 heavy (non-hydrogen) atoms. The number of sulfonamides is 1. The van der Waals surface area contributed by atoms with Crippen molar-refractivity contribution in [1.29, 1.82) is 0 Å². The normalized spacial score (nSPS) is 13.6. The first-order valence-corrected chi connectivity index (χ1v) is 6.92. The van der Waals surface area contributed by atoms with Crippen LogP contribution in [0.3, 0.4) is 0 Å². The maximum absolute atomic E-state index is 12.1. The number of aryl methyl sites for hydroxylation is 1. The van der Waals surface area contributed by atoms with Crippen LogP contribution in [0.4, 0.5) is 5.69 Å². The van der Waals surface area contributed by atoms with Crippen molar-refractivity contribution in [3.8, 4) is 0 Å². The maximum atomic E-state index is 12.1. The Morgan fingerprint density at radius 3 is 2.56 bits per heavy atom. The van der Waals surface area contributed by atoms with Gasteiger partial charge in [0.15, 0.2) is 0 Å². The Hall–Kier alpha value is -1.15. The maximum Gasteiger partial charge on any atom is 0.241 e. The molecule has 0 spiro atoms. The number of nitrogens with one attached hydrogen (secondary N) is 1. The monoisotopic (exact) mass is 274 g/mol. The number of anilines is 1. The highest BCUT2D eigenvalue weighted by Crippen LogP contribution is 2.24. The number of rotatable bonds is 5. The van der Waals surface area contributed by atoms with Gasteiger partial charge in [0, 0.05) is 12.2 Å². The first kappa shape index (κ1) is 14.9. The molecule has 0 amide bonds. The van der Waals surface area contributed by atoms with Crippen LogP contribution in [0.1, 0.15) is 11.1 Å². The zero-order valence-electron chi connectivity index (χ0n) is 10.3. The highest BCUT2D eigenvalue weighted by Gasteiger charge is 2.21. The lowest BCUT2D eigenvalue weighted by molar-refractivity contribution is 0.0988. The van der Waals surface area contributed by atoms with Gasteiger partial charge in [0.05, 0.1) is 17.6 Å². The molecule has 0 saturated heterocycles. The third-order valence-corrected chi connectivity index (χ3v) is 4.35. The van der Waals surface area contributed by atoms with E-state index in [1.165, 1.54) is 0 Å². The molecule has 0 heterocycles. The highest BCUT2D eigenvalue weighted by molar-refractivity contribution is 7.89. The molecule has 1 unspecified atom stereocenters. The van der Waals surface area contributed by atoms with Crippen LogP contribution < -0.4 is 10.5 Å². The van der Waals surface area contributed by atoms with Crippen molar-refractivity contribution in [2.24, 2.45) is 0 Å². The fourth-order valence-corrected chi connectivity index (χ4v) is 3.17. The van der Waals surface area contributed by atoms with Crippen LogP contribution in [0.5, 0.6) is 0 Å². The Bertz CT molecular complexity index is 528. The molecule has 0 saturated carbocycles. The van der Waals surface area contributed by atoms with Crippen LogP contribution in [-0.2, 0) is 10.0 Å². The summed E-state index contributed by atoms with van der Waals surface area (Å²) >= 11 is 0. The Kier molecular flexibility index (Phi) is 4.69. The molecular formula is C11H18N2O4S. The van der Waals surface area contributed by atoms with E-state index in [1.807, 2.05) is 0 Å². The van der Waals surface area contributed by atoms with Gasteiger partial charge >= 0.3 is 0 Å². The molecule has 0 radical (unpaired) electrons. The van der Waals surface area contributed by atoms with Crippen molar-refractivity contribution < 1.29 is 18.6 Å². The Morgan fingerprint density at radius 2 is 2.00 bits per heavy atom. The summed E-state index contributed by atoms with van der Waals surface area (Å²) in [6.45, 7) is 2.55. The smallest absolute Gasteiger partial charge is 0.241 e. The van der Waals surface area contributed by atoms with Crippen LogP contribution in [-0.4, -0.2) is 37.9 Å². The number of aliphatic hydroxyl groups is 2. The van der Waals surface area contributed by atoms with Gasteiger partial charge in [-0.1, -0.05) is 6.07 Å². The second-order valence-corrected chi connectivity index (χ2v) is 5.82. The minimum Gasteiger partial charge on any atom is -0.398 e. The molecule has 0 fully saturated rings. The van der Waals surface area contributed by atoms with Gasteiger partial charge < -0.3 is 15.9 Å². The van der Waals surface area contributed by atoms with Crippen molar-refractivity contribution in [3.63, 3.8) is 0 Å². The summed E-state index contributed by atoms with van der Waals surface area (Å²) < 4.78 is 26.4. The average molecular weight is 274 g/mol. The first-order chi connectivity index (χ1) is 8.29. The topological polar surface area (TPSA) is 113 Å². The minimum atomic E-state index is -3.75. The van der Waals surface area contributed by atoms with E-state index in [0.717, 1.165) is 0 Å². The molecule has 7 heteroatoms. The van der Waals surface area contributed by atoms with Crippen molar-refractivity contribution in [2.45, 2.75) is 24.8 Å². The summed E-state index contributed by atoms with van der Waals surface area (Å²) in [5.41, 5.74) is 7.13. The molecule has 0 aromatic heterocycles. The van der Waals surface area contributed by atoms with E-state index in [9.17, 15) is 8.42 Å². The number of hydrogen-bond acceptors (Lipinski definition) is 5. The zero-order chi connectivity index (χ0) is 13.9. The van der Waals surface area contributed by atoms with Gasteiger partial charge in [0.25, 0.3) is 0 Å². The van der Waals surface area contributed by atoms with Crippen LogP contribution >= 0.6 is 0 Å². The predicted octanol–water partition coefficient (Wildman–Crippen LogP) is -0.483. The van der Waals surface area contributed by atoms with Gasteiger partial charge in [-0.15, -0.1) is 0 Å². The lowest BCUT2D eigenvalue weighted by Gasteiger charge is -2.15. The summed E-state index contributed by atoms with van der Waals surface area (Å²) in [4.78, 5) is 0.118. The lowest BCUT2D eigenvalue weighted by Crippen LogP contribution is -2.34. The SMILES string of the molecule is Cc1ccc(N)c(C)c1S(=O)(=O)NCC(O)CO.